The maximum absolute atomic E-state index is 13.0. The van der Waals surface area contributed by atoms with E-state index < -0.39 is 13.3 Å². The molecule has 1 unspecified atom stereocenters. The molecule has 1 aliphatic rings. The van der Waals surface area contributed by atoms with Gasteiger partial charge in [0.15, 0.2) is 0 Å². The molecule has 0 saturated heterocycles. The van der Waals surface area contributed by atoms with Gasteiger partial charge >= 0.3 is 5.97 Å². The fourth-order valence-electron chi connectivity index (χ4n) is 3.24. The molecule has 0 spiro atoms. The summed E-state index contributed by atoms with van der Waals surface area (Å²) in [6.45, 7) is 4.34. The van der Waals surface area contributed by atoms with Gasteiger partial charge in [-0.3, -0.25) is 4.57 Å². The summed E-state index contributed by atoms with van der Waals surface area (Å²) < 4.78 is 18.5. The molecular weight excluding hydrogens is 311 g/mol. The van der Waals surface area contributed by atoms with E-state index in [4.69, 9.17) is 4.52 Å². The van der Waals surface area contributed by atoms with Gasteiger partial charge in [-0.05, 0) is 32.1 Å². The van der Waals surface area contributed by atoms with Crippen LogP contribution in [-0.2, 0) is 13.9 Å². The summed E-state index contributed by atoms with van der Waals surface area (Å²) in [5.74, 6) is -0.617. The molecule has 0 heterocycles. The largest absolute Gasteiger partial charge is 0.478 e. The molecule has 1 saturated carbocycles. The standard InChI is InChI=1S/C18H33O4P/c1-3-5-6-10-13-23(21,22-4-2)15-17(18(19)20)14-16-11-8-7-9-12-16/h14,16H,3-13,15H2,1-2H3,(H,19,20)/b17-14+. The molecule has 0 aliphatic heterocycles. The van der Waals surface area contributed by atoms with Crippen molar-refractivity contribution in [2.24, 2.45) is 5.92 Å². The Morgan fingerprint density at radius 1 is 1.17 bits per heavy atom. The lowest BCUT2D eigenvalue weighted by molar-refractivity contribution is -0.132. The lowest BCUT2D eigenvalue weighted by Crippen LogP contribution is -2.13. The number of unbranched alkanes of at least 4 members (excludes halogenated alkanes) is 3. The van der Waals surface area contributed by atoms with Crippen LogP contribution in [0, 0.1) is 5.92 Å². The van der Waals surface area contributed by atoms with Crippen LogP contribution in [0.5, 0.6) is 0 Å². The van der Waals surface area contributed by atoms with Crippen molar-refractivity contribution in [2.45, 2.75) is 71.6 Å². The van der Waals surface area contributed by atoms with Crippen LogP contribution in [0.15, 0.2) is 11.6 Å². The van der Waals surface area contributed by atoms with E-state index in [-0.39, 0.29) is 6.16 Å². The molecule has 0 aromatic rings. The van der Waals surface area contributed by atoms with Gasteiger partial charge in [0.25, 0.3) is 0 Å². The number of aliphatic carboxylic acids is 1. The van der Waals surface area contributed by atoms with Crippen LogP contribution >= 0.6 is 7.37 Å². The maximum atomic E-state index is 13.0. The normalized spacial score (nSPS) is 19.5. The minimum atomic E-state index is -2.89. The number of hydrogen-bond acceptors (Lipinski definition) is 3. The first-order valence-electron chi connectivity index (χ1n) is 9.17. The Hall–Kier alpha value is -0.600. The zero-order valence-corrected chi connectivity index (χ0v) is 15.7. The van der Waals surface area contributed by atoms with Crippen LogP contribution in [-0.4, -0.2) is 30.0 Å². The van der Waals surface area contributed by atoms with Crippen molar-refractivity contribution in [1.82, 2.24) is 0 Å². The number of carbonyl (C=O) groups is 1. The van der Waals surface area contributed by atoms with E-state index in [0.717, 1.165) is 51.4 Å². The van der Waals surface area contributed by atoms with Crippen molar-refractivity contribution >= 4 is 13.3 Å². The van der Waals surface area contributed by atoms with Gasteiger partial charge in [-0.1, -0.05) is 51.5 Å². The van der Waals surface area contributed by atoms with E-state index in [2.05, 4.69) is 6.92 Å². The minimum absolute atomic E-state index is 0.0821. The van der Waals surface area contributed by atoms with Crippen LogP contribution in [0.1, 0.15) is 71.6 Å². The highest BCUT2D eigenvalue weighted by molar-refractivity contribution is 7.59. The van der Waals surface area contributed by atoms with Crippen molar-refractivity contribution in [3.8, 4) is 0 Å². The van der Waals surface area contributed by atoms with Gasteiger partial charge in [-0.25, -0.2) is 4.79 Å². The van der Waals surface area contributed by atoms with Crippen LogP contribution in [0.2, 0.25) is 0 Å². The Bertz CT molecular complexity index is 425. The molecule has 5 heteroatoms. The summed E-state index contributed by atoms with van der Waals surface area (Å²) in [5, 5.41) is 9.50. The van der Waals surface area contributed by atoms with Gasteiger partial charge in [0.2, 0.25) is 7.37 Å². The SMILES string of the molecule is CCCCCCP(=O)(C/C(=C\C1CCCCC1)C(=O)O)OCC. The van der Waals surface area contributed by atoms with Crippen LogP contribution in [0.25, 0.3) is 0 Å². The van der Waals surface area contributed by atoms with E-state index in [1.54, 1.807) is 0 Å². The summed E-state index contributed by atoms with van der Waals surface area (Å²) in [6.07, 6.45) is 12.2. The number of rotatable bonds is 11. The highest BCUT2D eigenvalue weighted by Gasteiger charge is 2.27. The fourth-order valence-corrected chi connectivity index (χ4v) is 5.55. The zero-order chi connectivity index (χ0) is 17.1. The predicted molar refractivity (Wildman–Crippen MR) is 95.4 cm³/mol. The molecule has 23 heavy (non-hydrogen) atoms. The van der Waals surface area contributed by atoms with Crippen LogP contribution < -0.4 is 0 Å². The maximum Gasteiger partial charge on any atom is 0.331 e. The third kappa shape index (κ3) is 8.17. The van der Waals surface area contributed by atoms with Gasteiger partial charge in [-0.15, -0.1) is 0 Å². The van der Waals surface area contributed by atoms with E-state index >= 15 is 0 Å². The molecule has 0 aromatic heterocycles. The molecule has 1 atom stereocenters. The molecule has 0 amide bonds. The third-order valence-corrected chi connectivity index (χ3v) is 7.04. The van der Waals surface area contributed by atoms with E-state index in [9.17, 15) is 14.5 Å². The van der Waals surface area contributed by atoms with Gasteiger partial charge in [0.05, 0.1) is 12.8 Å². The number of carboxylic acids is 1. The van der Waals surface area contributed by atoms with Crippen molar-refractivity contribution in [2.75, 3.05) is 18.9 Å². The molecule has 1 N–H and O–H groups in total. The summed E-state index contributed by atoms with van der Waals surface area (Å²) in [4.78, 5) is 11.6. The van der Waals surface area contributed by atoms with Gasteiger partial charge in [0.1, 0.15) is 0 Å². The Balaban J connectivity index is 2.73. The average molecular weight is 344 g/mol. The first kappa shape index (κ1) is 20.4. The Labute approximate surface area is 141 Å². The molecule has 0 radical (unpaired) electrons. The molecule has 1 aliphatic carbocycles. The van der Waals surface area contributed by atoms with Gasteiger partial charge in [-0.2, -0.15) is 0 Å². The first-order chi connectivity index (χ1) is 11.0. The highest BCUT2D eigenvalue weighted by Crippen LogP contribution is 2.49. The Morgan fingerprint density at radius 3 is 2.43 bits per heavy atom. The second-order valence-electron chi connectivity index (χ2n) is 6.57. The van der Waals surface area contributed by atoms with Crippen molar-refractivity contribution in [3.63, 3.8) is 0 Å². The molecule has 0 aromatic carbocycles. The molecule has 134 valence electrons. The lowest BCUT2D eigenvalue weighted by Gasteiger charge is -2.21. The number of allylic oxidation sites excluding steroid dienone is 1. The van der Waals surface area contributed by atoms with Crippen molar-refractivity contribution in [1.29, 1.82) is 0 Å². The minimum Gasteiger partial charge on any atom is -0.478 e. The van der Waals surface area contributed by atoms with Crippen molar-refractivity contribution < 1.29 is 19.0 Å². The van der Waals surface area contributed by atoms with E-state index in [0.29, 0.717) is 24.3 Å². The monoisotopic (exact) mass is 344 g/mol. The zero-order valence-electron chi connectivity index (χ0n) is 14.8. The second-order valence-corrected chi connectivity index (χ2v) is 9.22. The van der Waals surface area contributed by atoms with Gasteiger partial charge in [0, 0.05) is 11.7 Å². The van der Waals surface area contributed by atoms with E-state index in [1.807, 2.05) is 13.0 Å². The number of hydrogen-bond donors (Lipinski definition) is 1. The average Bonchev–Trinajstić information content (AvgIpc) is 2.52. The molecule has 1 fully saturated rings. The van der Waals surface area contributed by atoms with Crippen LogP contribution in [0.3, 0.4) is 0 Å². The smallest absolute Gasteiger partial charge is 0.331 e. The fraction of sp³-hybridized carbons (Fsp3) is 0.833. The van der Waals surface area contributed by atoms with Gasteiger partial charge < -0.3 is 9.63 Å². The quantitative estimate of drug-likeness (QED) is 0.306. The second kappa shape index (κ2) is 11.0. The molecular formula is C18H33O4P. The lowest BCUT2D eigenvalue weighted by atomic mass is 9.88. The Morgan fingerprint density at radius 2 is 1.87 bits per heavy atom. The Kier molecular flexibility index (Phi) is 9.81. The molecule has 1 rings (SSSR count). The molecule has 4 nitrogen and oxygen atoms in total. The summed E-state index contributed by atoms with van der Waals surface area (Å²) >= 11 is 0. The molecule has 0 bridgehead atoms. The van der Waals surface area contributed by atoms with Crippen LogP contribution in [0.4, 0.5) is 0 Å². The van der Waals surface area contributed by atoms with Crippen molar-refractivity contribution in [3.05, 3.63) is 11.6 Å². The summed E-state index contributed by atoms with van der Waals surface area (Å²) in [5.41, 5.74) is 0.296. The summed E-state index contributed by atoms with van der Waals surface area (Å²) in [6, 6.07) is 0. The summed E-state index contributed by atoms with van der Waals surface area (Å²) in [7, 11) is -2.89. The topological polar surface area (TPSA) is 63.6 Å². The first-order valence-corrected chi connectivity index (χ1v) is 11.2. The highest BCUT2D eigenvalue weighted by atomic mass is 31.2. The van der Waals surface area contributed by atoms with E-state index in [1.165, 1.54) is 6.42 Å². The number of carboxylic acid groups (broad SMARTS) is 1. The third-order valence-electron chi connectivity index (χ3n) is 4.49. The predicted octanol–water partition coefficient (Wildman–Crippen LogP) is 5.47.